The molecule has 22 heavy (non-hydrogen) atoms. The molecule has 4 nitrogen and oxygen atoms in total. The van der Waals surface area contributed by atoms with Crippen LogP contribution in [0.25, 0.3) is 5.52 Å². The zero-order valence-corrected chi connectivity index (χ0v) is 14.1. The van der Waals surface area contributed by atoms with Gasteiger partial charge in [0.15, 0.2) is 0 Å². The van der Waals surface area contributed by atoms with Crippen molar-refractivity contribution < 1.29 is 8.94 Å². The minimum atomic E-state index is -1.14. The van der Waals surface area contributed by atoms with Crippen molar-refractivity contribution in [3.05, 3.63) is 51.7 Å². The molecular weight excluding hydrogens is 303 g/mol. The highest BCUT2D eigenvalue weighted by Gasteiger charge is 2.25. The molecule has 0 saturated heterocycles. The molecule has 0 aliphatic carbocycles. The summed E-state index contributed by atoms with van der Waals surface area (Å²) in [6, 6.07) is 4.79. The van der Waals surface area contributed by atoms with Crippen LogP contribution in [0.5, 0.6) is 0 Å². The molecule has 0 bridgehead atoms. The summed E-state index contributed by atoms with van der Waals surface area (Å²) in [4.78, 5) is 12.3. The Bertz CT molecular complexity index is 737. The molecule has 2 heterocycles. The van der Waals surface area contributed by atoms with E-state index in [9.17, 15) is 13.7 Å². The highest BCUT2D eigenvalue weighted by atomic mass is 32.2. The van der Waals surface area contributed by atoms with Gasteiger partial charge >= 0.3 is 0 Å². The molecule has 2 aromatic rings. The summed E-state index contributed by atoms with van der Waals surface area (Å²) in [5.74, 6) is -0.441. The van der Waals surface area contributed by atoms with Crippen LogP contribution in [0.2, 0.25) is 0 Å². The second kappa shape index (κ2) is 6.40. The van der Waals surface area contributed by atoms with Gasteiger partial charge in [-0.25, -0.2) is 4.39 Å². The average molecular weight is 324 g/mol. The van der Waals surface area contributed by atoms with Gasteiger partial charge in [-0.3, -0.25) is 9.20 Å². The predicted molar refractivity (Wildman–Crippen MR) is 88.0 cm³/mol. The maximum absolute atomic E-state index is 13.2. The third-order valence-corrected chi connectivity index (χ3v) is 5.05. The topological polar surface area (TPSA) is 56.6 Å². The zero-order valence-electron chi connectivity index (χ0n) is 13.3. The summed E-state index contributed by atoms with van der Waals surface area (Å²) in [6.45, 7) is 7.95. The summed E-state index contributed by atoms with van der Waals surface area (Å²) < 4.78 is 29.2. The zero-order chi connectivity index (χ0) is 16.5. The van der Waals surface area contributed by atoms with Crippen molar-refractivity contribution >= 4 is 16.9 Å². The number of nitrogens with zero attached hydrogens (tertiary/aromatic N) is 1. The first-order valence-corrected chi connectivity index (χ1v) is 8.31. The highest BCUT2D eigenvalue weighted by molar-refractivity contribution is 7.90. The largest absolute Gasteiger partial charge is 0.598 e. The standard InChI is InChI=1S/C16H21FN2O2S/c1-11-12(7-8-18-22(21)16(2,3)4)9-14-6-5-13(17)10-19(14)15(11)20/h5-6,9-10,18H,7-8H2,1-4H3. The van der Waals surface area contributed by atoms with E-state index in [-0.39, 0.29) is 10.3 Å². The third-order valence-electron chi connectivity index (χ3n) is 3.47. The molecule has 2 aromatic heterocycles. The van der Waals surface area contributed by atoms with Crippen molar-refractivity contribution in [3.63, 3.8) is 0 Å². The van der Waals surface area contributed by atoms with E-state index in [1.54, 1.807) is 13.0 Å². The number of hydrogen-bond donors (Lipinski definition) is 1. The molecule has 0 saturated carbocycles. The Morgan fingerprint density at radius 1 is 1.36 bits per heavy atom. The molecule has 120 valence electrons. The fourth-order valence-electron chi connectivity index (χ4n) is 2.14. The highest BCUT2D eigenvalue weighted by Crippen LogP contribution is 2.14. The summed E-state index contributed by atoms with van der Waals surface area (Å²) in [6.07, 6.45) is 1.79. The van der Waals surface area contributed by atoms with E-state index in [1.807, 2.05) is 26.8 Å². The van der Waals surface area contributed by atoms with Crippen LogP contribution in [0.1, 0.15) is 31.9 Å². The number of halogens is 1. The lowest BCUT2D eigenvalue weighted by molar-refractivity contribution is 0.544. The van der Waals surface area contributed by atoms with E-state index >= 15 is 0 Å². The first-order valence-electron chi connectivity index (χ1n) is 7.16. The molecule has 0 aliphatic heterocycles. The smallest absolute Gasteiger partial charge is 0.258 e. The normalized spacial score (nSPS) is 13.5. The second-order valence-electron chi connectivity index (χ2n) is 6.27. The van der Waals surface area contributed by atoms with Crippen LogP contribution in [-0.4, -0.2) is 20.2 Å². The molecule has 0 fully saturated rings. The molecule has 2 rings (SSSR count). The number of fused-ring (bicyclic) bond motifs is 1. The van der Waals surface area contributed by atoms with Gasteiger partial charge in [0.05, 0.1) is 0 Å². The van der Waals surface area contributed by atoms with E-state index in [0.717, 1.165) is 5.56 Å². The Hall–Kier alpha value is -1.37. The molecule has 1 N–H and O–H groups in total. The lowest BCUT2D eigenvalue weighted by Crippen LogP contribution is -2.40. The Morgan fingerprint density at radius 3 is 2.68 bits per heavy atom. The summed E-state index contributed by atoms with van der Waals surface area (Å²) >= 11 is -1.14. The van der Waals surface area contributed by atoms with E-state index in [0.29, 0.717) is 24.0 Å². The first kappa shape index (κ1) is 17.0. The molecule has 0 amide bonds. The molecule has 0 spiro atoms. The van der Waals surface area contributed by atoms with Gasteiger partial charge < -0.3 is 4.55 Å². The summed E-state index contributed by atoms with van der Waals surface area (Å²) in [5.41, 5.74) is 1.91. The number of aromatic nitrogens is 1. The minimum absolute atomic E-state index is 0.219. The fourth-order valence-corrected chi connectivity index (χ4v) is 2.86. The lowest BCUT2D eigenvalue weighted by Gasteiger charge is -2.23. The van der Waals surface area contributed by atoms with Gasteiger partial charge in [0, 0.05) is 35.2 Å². The fraction of sp³-hybridized carbons (Fsp3) is 0.438. The second-order valence-corrected chi connectivity index (χ2v) is 8.32. The Kier molecular flexibility index (Phi) is 4.94. The lowest BCUT2D eigenvalue weighted by atomic mass is 10.1. The number of pyridine rings is 2. The van der Waals surface area contributed by atoms with Gasteiger partial charge in [-0.05, 0) is 57.9 Å². The van der Waals surface area contributed by atoms with E-state index in [2.05, 4.69) is 4.72 Å². The van der Waals surface area contributed by atoms with E-state index in [1.165, 1.54) is 16.7 Å². The summed E-state index contributed by atoms with van der Waals surface area (Å²) in [7, 11) is 0. The van der Waals surface area contributed by atoms with Crippen molar-refractivity contribution in [3.8, 4) is 0 Å². The maximum Gasteiger partial charge on any atom is 0.258 e. The third kappa shape index (κ3) is 3.69. The molecular formula is C16H21FN2O2S. The van der Waals surface area contributed by atoms with Gasteiger partial charge in [-0.1, -0.05) is 0 Å². The first-order chi connectivity index (χ1) is 10.2. The van der Waals surface area contributed by atoms with Gasteiger partial charge in [-0.2, -0.15) is 0 Å². The minimum Gasteiger partial charge on any atom is -0.598 e. The molecule has 0 aromatic carbocycles. The van der Waals surface area contributed by atoms with Crippen LogP contribution < -0.4 is 10.3 Å². The summed E-state index contributed by atoms with van der Waals surface area (Å²) in [5, 5.41) is 0. The van der Waals surface area contributed by atoms with Gasteiger partial charge in [0.1, 0.15) is 10.6 Å². The molecule has 1 atom stereocenters. The van der Waals surface area contributed by atoms with Gasteiger partial charge in [-0.15, -0.1) is 4.72 Å². The van der Waals surface area contributed by atoms with Crippen LogP contribution in [0.15, 0.2) is 29.2 Å². The average Bonchev–Trinajstić information content (AvgIpc) is 2.43. The monoisotopic (exact) mass is 324 g/mol. The van der Waals surface area contributed by atoms with Gasteiger partial charge in [0.25, 0.3) is 5.56 Å². The van der Waals surface area contributed by atoms with Crippen LogP contribution in [0.4, 0.5) is 4.39 Å². The molecule has 1 unspecified atom stereocenters. The van der Waals surface area contributed by atoms with Crippen molar-refractivity contribution in [1.82, 2.24) is 9.12 Å². The Balaban J connectivity index is 2.20. The van der Waals surface area contributed by atoms with Crippen molar-refractivity contribution in [2.24, 2.45) is 0 Å². The quantitative estimate of drug-likeness (QED) is 0.878. The predicted octanol–water partition coefficient (Wildman–Crippen LogP) is 2.34. The van der Waals surface area contributed by atoms with Crippen molar-refractivity contribution in [1.29, 1.82) is 0 Å². The van der Waals surface area contributed by atoms with Crippen molar-refractivity contribution in [2.75, 3.05) is 6.54 Å². The van der Waals surface area contributed by atoms with Crippen LogP contribution >= 0.6 is 0 Å². The number of nitrogens with one attached hydrogen (secondary N) is 1. The molecule has 6 heteroatoms. The van der Waals surface area contributed by atoms with Gasteiger partial charge in [0.2, 0.25) is 0 Å². The van der Waals surface area contributed by atoms with Crippen LogP contribution in [0, 0.1) is 12.7 Å². The van der Waals surface area contributed by atoms with Crippen LogP contribution in [0.3, 0.4) is 0 Å². The SMILES string of the molecule is Cc1c(CCN[S+]([O-])C(C)(C)C)cc2ccc(F)cn2c1=O. The van der Waals surface area contributed by atoms with Crippen LogP contribution in [-0.2, 0) is 17.8 Å². The molecule has 0 radical (unpaired) electrons. The number of hydrogen-bond acceptors (Lipinski definition) is 3. The van der Waals surface area contributed by atoms with Crippen molar-refractivity contribution in [2.45, 2.75) is 38.9 Å². The number of rotatable bonds is 4. The Morgan fingerprint density at radius 2 is 2.05 bits per heavy atom. The molecule has 0 aliphatic rings. The Labute approximate surface area is 132 Å². The van der Waals surface area contributed by atoms with E-state index < -0.39 is 17.2 Å². The van der Waals surface area contributed by atoms with E-state index in [4.69, 9.17) is 0 Å². The maximum atomic E-state index is 13.2.